The molecule has 6 heteroatoms. The Bertz CT molecular complexity index is 446. The molecular weight excluding hydrogens is 265 g/mol. The molecule has 0 amide bonds. The second kappa shape index (κ2) is 3.54. The summed E-state index contributed by atoms with van der Waals surface area (Å²) in [5.41, 5.74) is 6.41. The first-order chi connectivity index (χ1) is 6.59. The fraction of sp³-hybridized carbons (Fsp3) is 0. The van der Waals surface area contributed by atoms with E-state index >= 15 is 0 Å². The Hall–Kier alpha value is -0.555. The summed E-state index contributed by atoms with van der Waals surface area (Å²) in [6, 6.07) is 5.33. The summed E-state index contributed by atoms with van der Waals surface area (Å²) in [6.07, 6.45) is 0. The highest BCUT2D eigenvalue weighted by molar-refractivity contribution is 9.10. The SMILES string of the molecule is Nc1ccc(Br)c2sc(B(O)O)cc12. The van der Waals surface area contributed by atoms with Crippen molar-refractivity contribution in [2.75, 3.05) is 5.73 Å². The first kappa shape index (κ1) is 9.98. The van der Waals surface area contributed by atoms with Gasteiger partial charge in [-0.25, -0.2) is 0 Å². The molecule has 2 rings (SSSR count). The minimum Gasteiger partial charge on any atom is -0.423 e. The molecule has 0 aliphatic carbocycles. The van der Waals surface area contributed by atoms with Crippen LogP contribution in [0.15, 0.2) is 22.7 Å². The smallest absolute Gasteiger partial charge is 0.423 e. The third-order valence-electron chi connectivity index (χ3n) is 1.94. The van der Waals surface area contributed by atoms with Gasteiger partial charge in [-0.1, -0.05) is 0 Å². The van der Waals surface area contributed by atoms with Crippen LogP contribution in [0.4, 0.5) is 5.69 Å². The van der Waals surface area contributed by atoms with Crippen LogP contribution in [0.5, 0.6) is 0 Å². The van der Waals surface area contributed by atoms with E-state index in [-0.39, 0.29) is 0 Å². The Kier molecular flexibility index (Phi) is 2.53. The van der Waals surface area contributed by atoms with E-state index in [2.05, 4.69) is 15.9 Å². The fourth-order valence-corrected chi connectivity index (χ4v) is 2.82. The molecule has 3 nitrogen and oxygen atoms in total. The average Bonchev–Trinajstić information content (AvgIpc) is 2.57. The standard InChI is InChI=1S/C8H7BBrNO2S/c10-5-1-2-6(11)4-3-7(9(12)13)14-8(4)5/h1-3,12-13H,11H2. The molecule has 2 aromatic rings. The van der Waals surface area contributed by atoms with E-state index in [1.807, 2.05) is 6.07 Å². The van der Waals surface area contributed by atoms with Crippen LogP contribution >= 0.6 is 27.3 Å². The third kappa shape index (κ3) is 1.54. The second-order valence-electron chi connectivity index (χ2n) is 2.90. The molecule has 0 unspecified atom stereocenters. The molecule has 0 saturated heterocycles. The molecule has 0 atom stereocenters. The molecule has 0 bridgehead atoms. The molecule has 0 radical (unpaired) electrons. The maximum atomic E-state index is 9.02. The van der Waals surface area contributed by atoms with Crippen molar-refractivity contribution >= 4 is 54.9 Å². The van der Waals surface area contributed by atoms with Crippen LogP contribution in [0.2, 0.25) is 0 Å². The van der Waals surface area contributed by atoms with Crippen molar-refractivity contribution in [1.29, 1.82) is 0 Å². The van der Waals surface area contributed by atoms with Crippen molar-refractivity contribution in [1.82, 2.24) is 0 Å². The van der Waals surface area contributed by atoms with Crippen LogP contribution in [-0.2, 0) is 0 Å². The van der Waals surface area contributed by atoms with Gasteiger partial charge in [0.25, 0.3) is 0 Å². The number of hydrogen-bond acceptors (Lipinski definition) is 4. The molecule has 0 saturated carbocycles. The summed E-state index contributed by atoms with van der Waals surface area (Å²) in [6.45, 7) is 0. The van der Waals surface area contributed by atoms with Crippen molar-refractivity contribution in [2.24, 2.45) is 0 Å². The van der Waals surface area contributed by atoms with Crippen LogP contribution in [0, 0.1) is 0 Å². The highest BCUT2D eigenvalue weighted by Gasteiger charge is 2.16. The highest BCUT2D eigenvalue weighted by atomic mass is 79.9. The second-order valence-corrected chi connectivity index (χ2v) is 4.84. The van der Waals surface area contributed by atoms with E-state index < -0.39 is 7.12 Å². The minimum atomic E-state index is -1.43. The Labute approximate surface area is 93.4 Å². The Morgan fingerprint density at radius 1 is 1.36 bits per heavy atom. The van der Waals surface area contributed by atoms with Crippen LogP contribution < -0.4 is 10.5 Å². The Balaban J connectivity index is 2.75. The summed E-state index contributed by atoms with van der Waals surface area (Å²) >= 11 is 4.70. The van der Waals surface area contributed by atoms with E-state index in [4.69, 9.17) is 15.8 Å². The molecule has 0 aliphatic rings. The zero-order chi connectivity index (χ0) is 10.3. The molecule has 4 N–H and O–H groups in total. The van der Waals surface area contributed by atoms with Crippen LogP contribution in [0.1, 0.15) is 0 Å². The van der Waals surface area contributed by atoms with Crippen molar-refractivity contribution < 1.29 is 10.0 Å². The van der Waals surface area contributed by atoms with Crippen molar-refractivity contribution in [3.63, 3.8) is 0 Å². The van der Waals surface area contributed by atoms with E-state index in [0.29, 0.717) is 10.5 Å². The predicted molar refractivity (Wildman–Crippen MR) is 63.8 cm³/mol. The van der Waals surface area contributed by atoms with Gasteiger partial charge >= 0.3 is 7.12 Å². The van der Waals surface area contributed by atoms with Crippen LogP contribution in [0.25, 0.3) is 10.1 Å². The molecule has 1 aromatic heterocycles. The third-order valence-corrected chi connectivity index (χ3v) is 4.07. The number of thiophene rings is 1. The first-order valence-electron chi connectivity index (χ1n) is 3.93. The number of halogens is 1. The van der Waals surface area contributed by atoms with Gasteiger partial charge in [-0.3, -0.25) is 0 Å². The van der Waals surface area contributed by atoms with Gasteiger partial charge in [-0.2, -0.15) is 0 Å². The molecule has 0 spiro atoms. The maximum absolute atomic E-state index is 9.02. The van der Waals surface area contributed by atoms with Crippen molar-refractivity contribution in [3.8, 4) is 0 Å². The monoisotopic (exact) mass is 271 g/mol. The Morgan fingerprint density at radius 2 is 2.07 bits per heavy atom. The number of anilines is 1. The Morgan fingerprint density at radius 3 is 2.64 bits per heavy atom. The molecule has 1 aromatic carbocycles. The van der Waals surface area contributed by atoms with Gasteiger partial charge in [0.15, 0.2) is 0 Å². The number of hydrogen-bond donors (Lipinski definition) is 3. The zero-order valence-corrected chi connectivity index (χ0v) is 9.47. The number of rotatable bonds is 1. The summed E-state index contributed by atoms with van der Waals surface area (Å²) < 4.78 is 2.35. The van der Waals surface area contributed by atoms with Crippen LogP contribution in [-0.4, -0.2) is 17.2 Å². The molecule has 0 fully saturated rings. The maximum Gasteiger partial charge on any atom is 0.499 e. The van der Waals surface area contributed by atoms with E-state index in [1.165, 1.54) is 11.3 Å². The van der Waals surface area contributed by atoms with Gasteiger partial charge in [-0.05, 0) is 34.1 Å². The fourth-order valence-electron chi connectivity index (χ4n) is 1.26. The number of nitrogens with two attached hydrogens (primary N) is 1. The van der Waals surface area contributed by atoms with Crippen molar-refractivity contribution in [2.45, 2.75) is 0 Å². The summed E-state index contributed by atoms with van der Waals surface area (Å²) in [5.74, 6) is 0. The first-order valence-corrected chi connectivity index (χ1v) is 5.54. The number of fused-ring (bicyclic) bond motifs is 1. The van der Waals surface area contributed by atoms with Crippen LogP contribution in [0.3, 0.4) is 0 Å². The predicted octanol–water partition coefficient (Wildman–Crippen LogP) is 0.926. The lowest BCUT2D eigenvalue weighted by Crippen LogP contribution is -2.26. The molecule has 14 heavy (non-hydrogen) atoms. The van der Waals surface area contributed by atoms with Gasteiger partial charge in [0.2, 0.25) is 0 Å². The van der Waals surface area contributed by atoms with Gasteiger partial charge in [0, 0.05) is 20.3 Å². The molecule has 72 valence electrons. The summed E-state index contributed by atoms with van der Waals surface area (Å²) in [4.78, 5) is 0. The lowest BCUT2D eigenvalue weighted by Gasteiger charge is -1.96. The van der Waals surface area contributed by atoms with Gasteiger partial charge in [0.1, 0.15) is 0 Å². The molecule has 1 heterocycles. The van der Waals surface area contributed by atoms with Gasteiger partial charge in [-0.15, -0.1) is 11.3 Å². The lowest BCUT2D eigenvalue weighted by molar-refractivity contribution is 0.427. The number of nitrogen functional groups attached to an aromatic ring is 1. The van der Waals surface area contributed by atoms with E-state index in [1.54, 1.807) is 12.1 Å². The quantitative estimate of drug-likeness (QED) is 0.534. The molecule has 0 aliphatic heterocycles. The summed E-state index contributed by atoms with van der Waals surface area (Å²) in [7, 11) is -1.43. The molecular formula is C8H7BBrNO2S. The normalized spacial score (nSPS) is 10.8. The topological polar surface area (TPSA) is 66.5 Å². The summed E-state index contributed by atoms with van der Waals surface area (Å²) in [5, 5.41) is 18.9. The van der Waals surface area contributed by atoms with E-state index in [9.17, 15) is 0 Å². The lowest BCUT2D eigenvalue weighted by atomic mass is 9.89. The number of benzene rings is 1. The largest absolute Gasteiger partial charge is 0.499 e. The van der Waals surface area contributed by atoms with Gasteiger partial charge in [0.05, 0.1) is 4.70 Å². The zero-order valence-electron chi connectivity index (χ0n) is 7.07. The minimum absolute atomic E-state index is 0.499. The van der Waals surface area contributed by atoms with Crippen molar-refractivity contribution in [3.05, 3.63) is 22.7 Å². The highest BCUT2D eigenvalue weighted by Crippen LogP contribution is 2.31. The van der Waals surface area contributed by atoms with Gasteiger partial charge < -0.3 is 15.8 Å². The van der Waals surface area contributed by atoms with E-state index in [0.717, 1.165) is 14.6 Å². The average molecular weight is 272 g/mol.